The SMILES string of the molecule is Cc1ccc(CN2CCn3nc(C(=O)N4CCOCC4)c(O)c3C2=O)cc1. The third-order valence-electron chi connectivity index (χ3n) is 4.99. The van der Waals surface area contributed by atoms with Gasteiger partial charge in [-0.1, -0.05) is 29.8 Å². The minimum Gasteiger partial charge on any atom is -0.504 e. The number of aromatic nitrogens is 2. The number of benzene rings is 1. The molecule has 27 heavy (non-hydrogen) atoms. The van der Waals surface area contributed by atoms with Gasteiger partial charge < -0.3 is 19.6 Å². The zero-order valence-corrected chi connectivity index (χ0v) is 15.2. The number of ether oxygens (including phenoxy) is 1. The van der Waals surface area contributed by atoms with Crippen LogP contribution in [0.25, 0.3) is 0 Å². The maximum Gasteiger partial charge on any atom is 0.278 e. The first kappa shape index (κ1) is 17.5. The molecule has 8 nitrogen and oxygen atoms in total. The van der Waals surface area contributed by atoms with Crippen molar-refractivity contribution in [1.29, 1.82) is 0 Å². The summed E-state index contributed by atoms with van der Waals surface area (Å²) < 4.78 is 6.69. The van der Waals surface area contributed by atoms with Gasteiger partial charge in [0.05, 0.1) is 19.8 Å². The van der Waals surface area contributed by atoms with Crippen molar-refractivity contribution < 1.29 is 19.4 Å². The highest BCUT2D eigenvalue weighted by atomic mass is 16.5. The van der Waals surface area contributed by atoms with Gasteiger partial charge in [-0.2, -0.15) is 5.10 Å². The van der Waals surface area contributed by atoms with E-state index < -0.39 is 0 Å². The van der Waals surface area contributed by atoms with E-state index in [9.17, 15) is 14.7 Å². The van der Waals surface area contributed by atoms with Crippen molar-refractivity contribution in [2.24, 2.45) is 0 Å². The van der Waals surface area contributed by atoms with E-state index >= 15 is 0 Å². The monoisotopic (exact) mass is 370 g/mol. The van der Waals surface area contributed by atoms with Gasteiger partial charge in [-0.15, -0.1) is 0 Å². The van der Waals surface area contributed by atoms with Crippen LogP contribution in [0.3, 0.4) is 0 Å². The van der Waals surface area contributed by atoms with Gasteiger partial charge in [0.15, 0.2) is 17.1 Å². The van der Waals surface area contributed by atoms with Gasteiger partial charge in [-0.3, -0.25) is 14.3 Å². The molecule has 2 aliphatic rings. The quantitative estimate of drug-likeness (QED) is 0.872. The van der Waals surface area contributed by atoms with Crippen LogP contribution >= 0.6 is 0 Å². The zero-order valence-electron chi connectivity index (χ0n) is 15.2. The van der Waals surface area contributed by atoms with Crippen LogP contribution in [0.5, 0.6) is 5.75 Å². The van der Waals surface area contributed by atoms with Crippen LogP contribution in [0.1, 0.15) is 32.1 Å². The number of hydrogen-bond acceptors (Lipinski definition) is 5. The van der Waals surface area contributed by atoms with Crippen LogP contribution in [0.2, 0.25) is 0 Å². The minimum atomic E-state index is -0.365. The topological polar surface area (TPSA) is 87.9 Å². The van der Waals surface area contributed by atoms with Crippen molar-refractivity contribution >= 4 is 11.8 Å². The molecule has 0 atom stereocenters. The Kier molecular flexibility index (Phi) is 4.57. The molecule has 3 heterocycles. The lowest BCUT2D eigenvalue weighted by Crippen LogP contribution is -2.41. The lowest BCUT2D eigenvalue weighted by atomic mass is 10.1. The molecule has 0 unspecified atom stereocenters. The third kappa shape index (κ3) is 3.28. The van der Waals surface area contributed by atoms with Gasteiger partial charge in [0.1, 0.15) is 0 Å². The number of amides is 2. The molecule has 0 spiro atoms. The average molecular weight is 370 g/mol. The second-order valence-electron chi connectivity index (χ2n) is 6.89. The van der Waals surface area contributed by atoms with Gasteiger partial charge in [0, 0.05) is 26.2 Å². The molecule has 0 saturated carbocycles. The summed E-state index contributed by atoms with van der Waals surface area (Å²) in [6.45, 7) is 5.22. The van der Waals surface area contributed by atoms with Crippen molar-refractivity contribution in [2.75, 3.05) is 32.8 Å². The molecule has 1 aromatic carbocycles. The van der Waals surface area contributed by atoms with E-state index in [2.05, 4.69) is 5.10 Å². The second kappa shape index (κ2) is 7.03. The molecular weight excluding hydrogens is 348 g/mol. The standard InChI is InChI=1S/C19H22N4O4/c1-13-2-4-14(5-3-13)12-22-6-7-23-16(19(22)26)17(24)15(20-23)18(25)21-8-10-27-11-9-21/h2-5,24H,6-12H2,1H3. The Bertz CT molecular complexity index is 869. The summed E-state index contributed by atoms with van der Waals surface area (Å²) in [7, 11) is 0. The molecule has 0 bridgehead atoms. The molecule has 1 fully saturated rings. The van der Waals surface area contributed by atoms with E-state index in [1.165, 1.54) is 4.68 Å². The lowest BCUT2D eigenvalue weighted by Gasteiger charge is -2.27. The summed E-state index contributed by atoms with van der Waals surface area (Å²) in [4.78, 5) is 28.8. The normalized spacial score (nSPS) is 17.1. The molecule has 2 aliphatic heterocycles. The van der Waals surface area contributed by atoms with Gasteiger partial charge in [-0.05, 0) is 12.5 Å². The van der Waals surface area contributed by atoms with Crippen molar-refractivity contribution in [3.05, 3.63) is 46.8 Å². The fraction of sp³-hybridized carbons (Fsp3) is 0.421. The highest BCUT2D eigenvalue weighted by molar-refractivity contribution is 6.02. The van der Waals surface area contributed by atoms with Crippen LogP contribution in [0, 0.1) is 6.92 Å². The molecule has 8 heteroatoms. The summed E-state index contributed by atoms with van der Waals surface area (Å²) in [5, 5.41) is 14.8. The predicted molar refractivity (Wildman–Crippen MR) is 96.5 cm³/mol. The number of rotatable bonds is 3. The summed E-state index contributed by atoms with van der Waals surface area (Å²) in [6, 6.07) is 7.98. The maximum absolute atomic E-state index is 12.9. The Labute approximate surface area is 156 Å². The number of carbonyl (C=O) groups excluding carboxylic acids is 2. The summed E-state index contributed by atoms with van der Waals surface area (Å²) >= 11 is 0. The number of morpholine rings is 1. The molecule has 0 radical (unpaired) electrons. The van der Waals surface area contributed by atoms with E-state index in [0.29, 0.717) is 45.9 Å². The van der Waals surface area contributed by atoms with Crippen LogP contribution in [-0.4, -0.2) is 69.3 Å². The molecular formula is C19H22N4O4. The van der Waals surface area contributed by atoms with E-state index in [1.54, 1.807) is 9.80 Å². The summed E-state index contributed by atoms with van der Waals surface area (Å²) in [6.07, 6.45) is 0. The van der Waals surface area contributed by atoms with E-state index in [-0.39, 0.29) is 29.0 Å². The van der Waals surface area contributed by atoms with Crippen LogP contribution in [0.4, 0.5) is 0 Å². The predicted octanol–water partition coefficient (Wildman–Crippen LogP) is 1.03. The molecule has 142 valence electrons. The van der Waals surface area contributed by atoms with Crippen LogP contribution in [-0.2, 0) is 17.8 Å². The number of nitrogens with zero attached hydrogens (tertiary/aromatic N) is 4. The number of aryl methyl sites for hydroxylation is 1. The fourth-order valence-corrected chi connectivity index (χ4v) is 3.42. The van der Waals surface area contributed by atoms with E-state index in [4.69, 9.17) is 4.74 Å². The minimum absolute atomic E-state index is 0.0579. The van der Waals surface area contributed by atoms with Gasteiger partial charge in [0.25, 0.3) is 11.8 Å². The largest absolute Gasteiger partial charge is 0.504 e. The molecule has 1 saturated heterocycles. The Morgan fingerprint density at radius 1 is 1.15 bits per heavy atom. The van der Waals surface area contributed by atoms with Gasteiger partial charge in [0.2, 0.25) is 0 Å². The lowest BCUT2D eigenvalue weighted by molar-refractivity contribution is 0.0296. The molecule has 2 aromatic rings. The first-order valence-corrected chi connectivity index (χ1v) is 9.06. The molecule has 1 N–H and O–H groups in total. The highest BCUT2D eigenvalue weighted by Crippen LogP contribution is 2.28. The van der Waals surface area contributed by atoms with Crippen molar-refractivity contribution in [2.45, 2.75) is 20.0 Å². The van der Waals surface area contributed by atoms with Crippen molar-refractivity contribution in [3.63, 3.8) is 0 Å². The second-order valence-corrected chi connectivity index (χ2v) is 6.89. The smallest absolute Gasteiger partial charge is 0.278 e. The van der Waals surface area contributed by atoms with Crippen molar-refractivity contribution in [3.8, 4) is 5.75 Å². The Balaban J connectivity index is 1.56. The first-order chi connectivity index (χ1) is 13.0. The zero-order chi connectivity index (χ0) is 19.0. The van der Waals surface area contributed by atoms with E-state index in [1.807, 2.05) is 31.2 Å². The molecule has 1 aromatic heterocycles. The number of hydrogen-bond donors (Lipinski definition) is 1. The van der Waals surface area contributed by atoms with Gasteiger partial charge >= 0.3 is 0 Å². The maximum atomic E-state index is 12.9. The average Bonchev–Trinajstić information content (AvgIpc) is 3.03. The molecule has 0 aliphatic carbocycles. The summed E-state index contributed by atoms with van der Waals surface area (Å²) in [5.74, 6) is -1.01. The van der Waals surface area contributed by atoms with Gasteiger partial charge in [-0.25, -0.2) is 0 Å². The number of aromatic hydroxyl groups is 1. The molecule has 4 rings (SSSR count). The Morgan fingerprint density at radius 2 is 1.85 bits per heavy atom. The fourth-order valence-electron chi connectivity index (χ4n) is 3.42. The van der Waals surface area contributed by atoms with Crippen LogP contribution < -0.4 is 0 Å². The Morgan fingerprint density at radius 3 is 2.56 bits per heavy atom. The molecule has 2 amide bonds. The van der Waals surface area contributed by atoms with Crippen molar-refractivity contribution in [1.82, 2.24) is 19.6 Å². The van der Waals surface area contributed by atoms with Crippen LogP contribution in [0.15, 0.2) is 24.3 Å². The number of carbonyl (C=O) groups is 2. The van der Waals surface area contributed by atoms with E-state index in [0.717, 1.165) is 11.1 Å². The summed E-state index contributed by atoms with van der Waals surface area (Å²) in [5.41, 5.74) is 2.21. The first-order valence-electron chi connectivity index (χ1n) is 9.06. The Hall–Kier alpha value is -2.87. The highest BCUT2D eigenvalue weighted by Gasteiger charge is 2.35. The number of fused-ring (bicyclic) bond motifs is 1. The third-order valence-corrected chi connectivity index (χ3v) is 4.99.